The van der Waals surface area contributed by atoms with Crippen molar-refractivity contribution in [2.24, 2.45) is 0 Å². The van der Waals surface area contributed by atoms with Crippen LogP contribution < -0.4 is 26.6 Å². The Bertz CT molecular complexity index is 2600. The molecule has 65 heavy (non-hydrogen) atoms. The molecule has 0 spiro atoms. The smallest absolute Gasteiger partial charge is 0.405 e. The van der Waals surface area contributed by atoms with Crippen molar-refractivity contribution < 1.29 is 64.6 Å². The maximum Gasteiger partial charge on any atom is 0.405 e. The molecular formula is C41H37F5N10O9. The van der Waals surface area contributed by atoms with E-state index in [-0.39, 0.29) is 103 Å². The van der Waals surface area contributed by atoms with Crippen molar-refractivity contribution in [3.63, 3.8) is 0 Å². The number of nitrogens with one attached hydrogen (secondary N) is 5. The van der Waals surface area contributed by atoms with E-state index in [1.807, 2.05) is 0 Å². The number of nitrogens with zero attached hydrogens (tertiary/aromatic N) is 5. The number of oxazole rings is 1. The molecule has 5 N–H and O–H groups in total. The van der Waals surface area contributed by atoms with Crippen LogP contribution in [0.2, 0.25) is 0 Å². The second-order valence-corrected chi connectivity index (χ2v) is 14.2. The zero-order chi connectivity index (χ0) is 46.3. The zero-order valence-corrected chi connectivity index (χ0v) is 33.7. The third kappa shape index (κ3) is 11.0. The molecule has 5 heterocycles. The van der Waals surface area contributed by atoms with Crippen LogP contribution in [0.3, 0.4) is 0 Å². The summed E-state index contributed by atoms with van der Waals surface area (Å²) in [5.74, 6) is -4.03. The predicted octanol–water partition coefficient (Wildman–Crippen LogP) is 4.36. The lowest BCUT2D eigenvalue weighted by Crippen LogP contribution is -2.54. The van der Waals surface area contributed by atoms with Gasteiger partial charge in [0.2, 0.25) is 17.7 Å². The van der Waals surface area contributed by atoms with Gasteiger partial charge >= 0.3 is 6.18 Å². The van der Waals surface area contributed by atoms with Gasteiger partial charge in [-0.2, -0.15) is 18.3 Å². The van der Waals surface area contributed by atoms with Crippen LogP contribution >= 0.6 is 0 Å². The number of rotatable bonds is 19. The van der Waals surface area contributed by atoms with Crippen LogP contribution in [-0.2, 0) is 19.1 Å². The number of piperidine rings is 1. The number of imide groups is 2. The first kappa shape index (κ1) is 45.4. The highest BCUT2D eigenvalue weighted by atomic mass is 19.4. The summed E-state index contributed by atoms with van der Waals surface area (Å²) < 4.78 is 83.2. The number of alkyl halides is 5. The summed E-state index contributed by atoms with van der Waals surface area (Å²) in [7, 11) is 0. The van der Waals surface area contributed by atoms with Gasteiger partial charge in [-0.25, -0.2) is 23.4 Å². The van der Waals surface area contributed by atoms with Crippen LogP contribution in [0.15, 0.2) is 77.7 Å². The van der Waals surface area contributed by atoms with Crippen LogP contribution in [0.4, 0.5) is 39.1 Å². The largest absolute Gasteiger partial charge is 0.444 e. The van der Waals surface area contributed by atoms with E-state index in [1.54, 1.807) is 12.1 Å². The summed E-state index contributed by atoms with van der Waals surface area (Å²) >= 11 is 0. The predicted molar refractivity (Wildman–Crippen MR) is 216 cm³/mol. The summed E-state index contributed by atoms with van der Waals surface area (Å²) in [6.45, 7) is -0.119. The van der Waals surface area contributed by atoms with E-state index >= 15 is 0 Å². The van der Waals surface area contributed by atoms with Crippen LogP contribution in [0.1, 0.15) is 66.5 Å². The van der Waals surface area contributed by atoms with Gasteiger partial charge in [0.05, 0.1) is 55.1 Å². The number of fused-ring (bicyclic) bond motifs is 1. The van der Waals surface area contributed by atoms with Crippen LogP contribution in [-0.4, -0.2) is 118 Å². The quantitative estimate of drug-likeness (QED) is 0.0440. The first-order valence-corrected chi connectivity index (χ1v) is 19.7. The van der Waals surface area contributed by atoms with Crippen molar-refractivity contribution >= 4 is 52.6 Å². The Kier molecular flexibility index (Phi) is 13.9. The van der Waals surface area contributed by atoms with Gasteiger partial charge in [-0.1, -0.05) is 6.07 Å². The number of benzene rings is 2. The Morgan fingerprint density at radius 1 is 0.908 bits per heavy atom. The number of ether oxygens (including phenoxy) is 2. The zero-order valence-electron chi connectivity index (χ0n) is 33.7. The van der Waals surface area contributed by atoms with E-state index in [0.29, 0.717) is 5.69 Å². The van der Waals surface area contributed by atoms with E-state index in [1.165, 1.54) is 48.7 Å². The molecule has 2 aromatic carbocycles. The molecule has 6 amide bonds. The molecule has 5 aromatic rings. The summed E-state index contributed by atoms with van der Waals surface area (Å²) in [6.07, 6.45) is -4.22. The van der Waals surface area contributed by atoms with Gasteiger partial charge in [0.25, 0.3) is 30.1 Å². The van der Waals surface area contributed by atoms with E-state index in [0.717, 1.165) is 22.0 Å². The van der Waals surface area contributed by atoms with Crippen LogP contribution in [0.5, 0.6) is 0 Å². The molecular weight excluding hydrogens is 872 g/mol. The number of carbonyl (C=O) groups is 6. The Labute approximate surface area is 364 Å². The summed E-state index contributed by atoms with van der Waals surface area (Å²) in [4.78, 5) is 84.5. The van der Waals surface area contributed by atoms with Gasteiger partial charge in [0, 0.05) is 42.5 Å². The van der Waals surface area contributed by atoms with Gasteiger partial charge in [0.1, 0.15) is 24.7 Å². The average molecular weight is 909 g/mol. The molecule has 2 aliphatic heterocycles. The second kappa shape index (κ2) is 19.8. The van der Waals surface area contributed by atoms with Crippen molar-refractivity contribution in [1.29, 1.82) is 0 Å². The Balaban J connectivity index is 0.818. The molecule has 0 aliphatic carbocycles. The number of anilines is 3. The van der Waals surface area contributed by atoms with Crippen LogP contribution in [0, 0.1) is 0 Å². The normalized spacial score (nSPS) is 15.0. The molecule has 1 saturated heterocycles. The number of hydrogen-bond donors (Lipinski definition) is 5. The lowest BCUT2D eigenvalue weighted by molar-refractivity contribution is -0.136. The standard InChI is InChI=1S/C41H37F5N10O9/c42-34(43)33-27(51-36(59)28-20-65-38(52-28)23-10-11-48-30(18-23)50-21-41(44,45)46)19-55(54-33)24-6-4-22(5-7-24)35(58)49-13-15-64-17-16-63-14-12-47-26-3-1-2-25-32(26)40(62)56(39(25)61)29-8-9-31(57)53-37(29)60/h1-7,10-11,18-20,29,34,47H,8-9,12-17,21H2,(H,48,50)(H,49,58)(H,51,59)(H,53,57,60). The van der Waals surface area contributed by atoms with Crippen molar-refractivity contribution in [2.45, 2.75) is 31.5 Å². The lowest BCUT2D eigenvalue weighted by Gasteiger charge is -2.27. The average Bonchev–Trinajstić information content (AvgIpc) is 4.01. The third-order valence-electron chi connectivity index (χ3n) is 9.74. The minimum Gasteiger partial charge on any atom is -0.444 e. The first-order valence-electron chi connectivity index (χ1n) is 19.7. The molecule has 24 heteroatoms. The van der Waals surface area contributed by atoms with Gasteiger partial charge in [-0.15, -0.1) is 0 Å². The molecule has 1 fully saturated rings. The fraction of sp³-hybridized carbons (Fsp3) is 0.293. The van der Waals surface area contributed by atoms with Gasteiger partial charge in [0.15, 0.2) is 11.4 Å². The van der Waals surface area contributed by atoms with Gasteiger partial charge < -0.3 is 35.2 Å². The summed E-state index contributed by atoms with van der Waals surface area (Å²) in [5, 5.41) is 16.3. The molecule has 7 rings (SSSR count). The Morgan fingerprint density at radius 3 is 2.38 bits per heavy atom. The first-order chi connectivity index (χ1) is 31.2. The van der Waals surface area contributed by atoms with Crippen molar-refractivity contribution in [3.8, 4) is 17.1 Å². The molecule has 1 atom stereocenters. The Morgan fingerprint density at radius 2 is 1.66 bits per heavy atom. The molecule has 3 aromatic heterocycles. The molecule has 0 radical (unpaired) electrons. The SMILES string of the molecule is O=C1CCC(N2C(=O)c3cccc(NCCOCCOCCNC(=O)c4ccc(-n5cc(NC(=O)c6coc(-c7ccnc(NCC(F)(F)F)c7)n6)c(C(F)F)n5)cc4)c3C2=O)C(=O)N1. The van der Waals surface area contributed by atoms with Gasteiger partial charge in [-0.05, 0) is 55.0 Å². The monoisotopic (exact) mass is 908 g/mol. The van der Waals surface area contributed by atoms with Crippen molar-refractivity contribution in [2.75, 3.05) is 62.0 Å². The summed E-state index contributed by atoms with van der Waals surface area (Å²) in [6, 6.07) is 12.1. The molecule has 340 valence electrons. The molecule has 19 nitrogen and oxygen atoms in total. The molecule has 0 bridgehead atoms. The van der Waals surface area contributed by atoms with E-state index in [9.17, 15) is 50.7 Å². The minimum absolute atomic E-state index is 0.0142. The number of aromatic nitrogens is 4. The van der Waals surface area contributed by atoms with Crippen LogP contribution in [0.25, 0.3) is 17.1 Å². The van der Waals surface area contributed by atoms with E-state index in [4.69, 9.17) is 13.9 Å². The number of pyridine rings is 1. The van der Waals surface area contributed by atoms with Gasteiger partial charge in [-0.3, -0.25) is 39.0 Å². The summed E-state index contributed by atoms with van der Waals surface area (Å²) in [5.41, 5.74) is 0.00105. The van der Waals surface area contributed by atoms with Crippen molar-refractivity contribution in [3.05, 3.63) is 101 Å². The topological polar surface area (TPSA) is 241 Å². The highest BCUT2D eigenvalue weighted by molar-refractivity contribution is 6.25. The highest BCUT2D eigenvalue weighted by Crippen LogP contribution is 2.33. The molecule has 1 unspecified atom stereocenters. The van der Waals surface area contributed by atoms with Crippen molar-refractivity contribution in [1.82, 2.24) is 35.3 Å². The highest BCUT2D eigenvalue weighted by Gasteiger charge is 2.45. The lowest BCUT2D eigenvalue weighted by atomic mass is 10.0. The maximum absolute atomic E-state index is 14.0. The fourth-order valence-corrected chi connectivity index (χ4v) is 6.67. The van der Waals surface area contributed by atoms with E-state index in [2.05, 4.69) is 41.7 Å². The second-order valence-electron chi connectivity index (χ2n) is 14.2. The molecule has 2 aliphatic rings. The minimum atomic E-state index is -4.49. The number of carbonyl (C=O) groups excluding carboxylic acids is 6. The Hall–Kier alpha value is -7.60. The fourth-order valence-electron chi connectivity index (χ4n) is 6.67. The number of halogens is 5. The third-order valence-corrected chi connectivity index (χ3v) is 9.74. The van der Waals surface area contributed by atoms with E-state index < -0.39 is 66.3 Å². The maximum atomic E-state index is 14.0. The number of hydrogen-bond acceptors (Lipinski definition) is 14. The molecule has 0 saturated carbocycles. The number of amides is 6.